The van der Waals surface area contributed by atoms with Gasteiger partial charge in [-0.2, -0.15) is 0 Å². The van der Waals surface area contributed by atoms with E-state index in [4.69, 9.17) is 0 Å². The Morgan fingerprint density at radius 1 is 0.963 bits per heavy atom. The second kappa shape index (κ2) is 8.62. The number of piperazine rings is 1. The maximum atomic E-state index is 13.6. The van der Waals surface area contributed by atoms with E-state index in [1.807, 2.05) is 30.3 Å². The summed E-state index contributed by atoms with van der Waals surface area (Å²) in [4.78, 5) is 28.2. The van der Waals surface area contributed by atoms with E-state index >= 15 is 0 Å². The number of carbonyl (C=O) groups excluding carboxylic acids is 2. The van der Waals surface area contributed by atoms with Crippen LogP contribution in [0.15, 0.2) is 48.5 Å². The third kappa shape index (κ3) is 4.81. The van der Waals surface area contributed by atoms with Crippen molar-refractivity contribution in [1.82, 2.24) is 10.2 Å². The molecular weight excluding hydrogens is 352 g/mol. The topological polar surface area (TPSA) is 52.7 Å². The molecule has 0 aromatic heterocycles. The molecule has 0 saturated carbocycles. The van der Waals surface area contributed by atoms with Gasteiger partial charge in [-0.05, 0) is 24.3 Å². The number of hydrogen-bond acceptors (Lipinski definition) is 3. The van der Waals surface area contributed by atoms with E-state index in [-0.39, 0.29) is 24.4 Å². The van der Waals surface area contributed by atoms with Crippen LogP contribution in [0.1, 0.15) is 16.8 Å². The first-order chi connectivity index (χ1) is 13.0. The molecule has 1 N–H and O–H groups in total. The number of para-hydroxylation sites is 1. The van der Waals surface area contributed by atoms with Crippen LogP contribution in [0, 0.1) is 11.6 Å². The molecule has 2 aromatic rings. The van der Waals surface area contributed by atoms with Crippen molar-refractivity contribution in [3.05, 3.63) is 65.7 Å². The lowest BCUT2D eigenvalue weighted by atomic mass is 10.2. The minimum absolute atomic E-state index is 0.0532. The van der Waals surface area contributed by atoms with Crippen LogP contribution in [0.3, 0.4) is 0 Å². The molecule has 3 rings (SSSR count). The third-order valence-corrected chi connectivity index (χ3v) is 4.55. The lowest BCUT2D eigenvalue weighted by molar-refractivity contribution is -0.131. The zero-order valence-corrected chi connectivity index (χ0v) is 14.8. The SMILES string of the molecule is O=C(NCCC(=O)N1CCN(c2ccccc2)CC1)c1ccc(F)cc1F. The van der Waals surface area contributed by atoms with E-state index in [9.17, 15) is 18.4 Å². The molecule has 2 aromatic carbocycles. The fourth-order valence-electron chi connectivity index (χ4n) is 3.06. The number of hydrogen-bond donors (Lipinski definition) is 1. The lowest BCUT2D eigenvalue weighted by Gasteiger charge is -2.36. The number of nitrogens with one attached hydrogen (secondary N) is 1. The minimum Gasteiger partial charge on any atom is -0.368 e. The Balaban J connectivity index is 1.43. The van der Waals surface area contributed by atoms with Crippen LogP contribution in [0.4, 0.5) is 14.5 Å². The van der Waals surface area contributed by atoms with Crippen molar-refractivity contribution in [2.45, 2.75) is 6.42 Å². The predicted molar refractivity (Wildman–Crippen MR) is 98.5 cm³/mol. The molecule has 27 heavy (non-hydrogen) atoms. The maximum Gasteiger partial charge on any atom is 0.254 e. The van der Waals surface area contributed by atoms with E-state index in [0.717, 1.165) is 30.9 Å². The van der Waals surface area contributed by atoms with Gasteiger partial charge >= 0.3 is 0 Å². The second-order valence-corrected chi connectivity index (χ2v) is 6.33. The molecule has 0 aliphatic carbocycles. The first-order valence-electron chi connectivity index (χ1n) is 8.85. The zero-order chi connectivity index (χ0) is 19.2. The van der Waals surface area contributed by atoms with Gasteiger partial charge in [0.2, 0.25) is 5.91 Å². The molecule has 0 bridgehead atoms. The summed E-state index contributed by atoms with van der Waals surface area (Å²) in [6, 6.07) is 12.8. The van der Waals surface area contributed by atoms with Gasteiger partial charge in [-0.3, -0.25) is 9.59 Å². The molecule has 1 heterocycles. The molecule has 0 unspecified atom stereocenters. The van der Waals surface area contributed by atoms with E-state index in [1.165, 1.54) is 0 Å². The first-order valence-corrected chi connectivity index (χ1v) is 8.85. The Labute approximate surface area is 156 Å². The molecule has 7 heteroatoms. The monoisotopic (exact) mass is 373 g/mol. The van der Waals surface area contributed by atoms with Gasteiger partial charge in [0.15, 0.2) is 0 Å². The highest BCUT2D eigenvalue weighted by molar-refractivity contribution is 5.94. The Morgan fingerprint density at radius 3 is 2.33 bits per heavy atom. The van der Waals surface area contributed by atoms with Crippen molar-refractivity contribution in [2.75, 3.05) is 37.6 Å². The number of nitrogens with zero attached hydrogens (tertiary/aromatic N) is 2. The highest BCUT2D eigenvalue weighted by Gasteiger charge is 2.21. The van der Waals surface area contributed by atoms with E-state index in [0.29, 0.717) is 19.2 Å². The van der Waals surface area contributed by atoms with E-state index < -0.39 is 17.5 Å². The number of anilines is 1. The predicted octanol–water partition coefficient (Wildman–Crippen LogP) is 2.43. The minimum atomic E-state index is -0.920. The summed E-state index contributed by atoms with van der Waals surface area (Å²) in [5.74, 6) is -2.37. The van der Waals surface area contributed by atoms with Crippen LogP contribution in [0.5, 0.6) is 0 Å². The van der Waals surface area contributed by atoms with Crippen LogP contribution in [-0.2, 0) is 4.79 Å². The Bertz CT molecular complexity index is 806. The van der Waals surface area contributed by atoms with Gasteiger partial charge < -0.3 is 15.1 Å². The molecule has 2 amide bonds. The van der Waals surface area contributed by atoms with Crippen LogP contribution >= 0.6 is 0 Å². The number of benzene rings is 2. The summed E-state index contributed by atoms with van der Waals surface area (Å²) in [7, 11) is 0. The molecule has 1 aliphatic heterocycles. The largest absolute Gasteiger partial charge is 0.368 e. The molecule has 1 saturated heterocycles. The van der Waals surface area contributed by atoms with Crippen LogP contribution in [0.2, 0.25) is 0 Å². The summed E-state index contributed by atoms with van der Waals surface area (Å²) >= 11 is 0. The van der Waals surface area contributed by atoms with Crippen LogP contribution < -0.4 is 10.2 Å². The van der Waals surface area contributed by atoms with Crippen molar-refractivity contribution >= 4 is 17.5 Å². The molecule has 1 aliphatic rings. The van der Waals surface area contributed by atoms with Crippen molar-refractivity contribution < 1.29 is 18.4 Å². The van der Waals surface area contributed by atoms with E-state index in [2.05, 4.69) is 10.2 Å². The fraction of sp³-hybridized carbons (Fsp3) is 0.300. The normalized spacial score (nSPS) is 14.1. The Hall–Kier alpha value is -2.96. The highest BCUT2D eigenvalue weighted by atomic mass is 19.1. The highest BCUT2D eigenvalue weighted by Crippen LogP contribution is 2.16. The van der Waals surface area contributed by atoms with Crippen molar-refractivity contribution in [1.29, 1.82) is 0 Å². The first kappa shape index (κ1) is 18.8. The van der Waals surface area contributed by atoms with Gasteiger partial charge in [0.1, 0.15) is 11.6 Å². The Morgan fingerprint density at radius 2 is 1.67 bits per heavy atom. The van der Waals surface area contributed by atoms with Crippen LogP contribution in [-0.4, -0.2) is 49.4 Å². The smallest absolute Gasteiger partial charge is 0.254 e. The summed E-state index contributed by atoms with van der Waals surface area (Å²) in [6.45, 7) is 2.85. The van der Waals surface area contributed by atoms with Crippen molar-refractivity contribution in [3.8, 4) is 0 Å². The van der Waals surface area contributed by atoms with Gasteiger partial charge in [0, 0.05) is 50.9 Å². The molecule has 0 atom stereocenters. The van der Waals surface area contributed by atoms with Gasteiger partial charge in [0.05, 0.1) is 5.56 Å². The summed E-state index contributed by atoms with van der Waals surface area (Å²) < 4.78 is 26.5. The van der Waals surface area contributed by atoms with Gasteiger partial charge in [0.25, 0.3) is 5.91 Å². The van der Waals surface area contributed by atoms with Gasteiger partial charge in [-0.25, -0.2) is 8.78 Å². The number of amides is 2. The molecule has 5 nitrogen and oxygen atoms in total. The lowest BCUT2D eigenvalue weighted by Crippen LogP contribution is -2.49. The molecule has 1 fully saturated rings. The van der Waals surface area contributed by atoms with Crippen molar-refractivity contribution in [2.24, 2.45) is 0 Å². The standard InChI is InChI=1S/C20H21F2N3O2/c21-15-6-7-17(18(22)14-15)20(27)23-9-8-19(26)25-12-10-24(11-13-25)16-4-2-1-3-5-16/h1-7,14H,8-13H2,(H,23,27). The maximum absolute atomic E-state index is 13.6. The average molecular weight is 373 g/mol. The van der Waals surface area contributed by atoms with Crippen molar-refractivity contribution in [3.63, 3.8) is 0 Å². The Kier molecular flexibility index (Phi) is 6.01. The summed E-state index contributed by atoms with van der Waals surface area (Å²) in [5, 5.41) is 2.50. The van der Waals surface area contributed by atoms with Gasteiger partial charge in [-0.15, -0.1) is 0 Å². The molecular formula is C20H21F2N3O2. The molecule has 0 spiro atoms. The summed E-state index contributed by atoms with van der Waals surface area (Å²) in [5.41, 5.74) is 0.901. The third-order valence-electron chi connectivity index (χ3n) is 4.55. The van der Waals surface area contributed by atoms with Crippen LogP contribution in [0.25, 0.3) is 0 Å². The fourth-order valence-corrected chi connectivity index (χ4v) is 3.06. The average Bonchev–Trinajstić information content (AvgIpc) is 2.68. The molecule has 142 valence electrons. The van der Waals surface area contributed by atoms with Gasteiger partial charge in [-0.1, -0.05) is 18.2 Å². The van der Waals surface area contributed by atoms with E-state index in [1.54, 1.807) is 4.90 Å². The zero-order valence-electron chi connectivity index (χ0n) is 14.8. The number of halogens is 2. The second-order valence-electron chi connectivity index (χ2n) is 6.33. The summed E-state index contributed by atoms with van der Waals surface area (Å²) in [6.07, 6.45) is 0.139. The number of carbonyl (C=O) groups is 2. The quantitative estimate of drug-likeness (QED) is 0.876. The number of rotatable bonds is 5. The molecule has 0 radical (unpaired) electrons.